The summed E-state index contributed by atoms with van der Waals surface area (Å²) in [4.78, 5) is 0.174. The van der Waals surface area contributed by atoms with Gasteiger partial charge in [0, 0.05) is 4.47 Å². The first-order valence-electron chi connectivity index (χ1n) is 4.56. The van der Waals surface area contributed by atoms with Gasteiger partial charge in [-0.3, -0.25) is 4.72 Å². The van der Waals surface area contributed by atoms with Crippen LogP contribution >= 0.6 is 27.3 Å². The third kappa shape index (κ3) is 2.82. The van der Waals surface area contributed by atoms with Gasteiger partial charge in [-0.05, 0) is 35.0 Å². The highest BCUT2D eigenvalue weighted by atomic mass is 79.9. The first-order chi connectivity index (χ1) is 7.99. The Hall–Kier alpha value is -0.990. The lowest BCUT2D eigenvalue weighted by molar-refractivity contribution is 0.600. The van der Waals surface area contributed by atoms with Crippen molar-refractivity contribution in [2.75, 3.05) is 4.72 Å². The van der Waals surface area contributed by atoms with Crippen molar-refractivity contribution < 1.29 is 8.42 Å². The molecule has 0 saturated heterocycles. The Morgan fingerprint density at radius 3 is 2.59 bits per heavy atom. The predicted octanol–water partition coefficient (Wildman–Crippen LogP) is 2.41. The zero-order valence-electron chi connectivity index (χ0n) is 8.71. The number of nitrogens with zero attached hydrogens (tertiary/aromatic N) is 2. The predicted molar refractivity (Wildman–Crippen MR) is 69.6 cm³/mol. The molecule has 90 valence electrons. The van der Waals surface area contributed by atoms with Crippen LogP contribution in [-0.4, -0.2) is 18.6 Å². The zero-order chi connectivity index (χ0) is 12.5. The number of benzene rings is 1. The minimum Gasteiger partial charge on any atom is -0.253 e. The molecule has 8 heteroatoms. The standard InChI is InChI=1S/C9H8BrN3O2S2/c1-6-11-12-9(16-6)13-17(14,15)8-5-3-2-4-7(8)10/h2-5H,1H3,(H,12,13). The Kier molecular flexibility index (Phi) is 3.45. The third-order valence-corrected chi connectivity index (χ3v) is 5.11. The van der Waals surface area contributed by atoms with Gasteiger partial charge in [-0.1, -0.05) is 23.5 Å². The van der Waals surface area contributed by atoms with Crippen molar-refractivity contribution in [2.45, 2.75) is 11.8 Å². The summed E-state index contributed by atoms with van der Waals surface area (Å²) in [6.45, 7) is 1.76. The van der Waals surface area contributed by atoms with Gasteiger partial charge in [-0.25, -0.2) is 8.42 Å². The molecule has 2 aromatic rings. The van der Waals surface area contributed by atoms with E-state index in [2.05, 4.69) is 30.8 Å². The van der Waals surface area contributed by atoms with Gasteiger partial charge in [-0.2, -0.15) is 0 Å². The lowest BCUT2D eigenvalue weighted by atomic mass is 10.4. The molecule has 0 amide bonds. The zero-order valence-corrected chi connectivity index (χ0v) is 11.9. The van der Waals surface area contributed by atoms with Crippen molar-refractivity contribution in [1.82, 2.24) is 10.2 Å². The molecule has 1 aromatic carbocycles. The molecule has 0 unspecified atom stereocenters. The Bertz CT molecular complexity index is 639. The van der Waals surface area contributed by atoms with Crippen LogP contribution in [0.2, 0.25) is 0 Å². The number of hydrogen-bond donors (Lipinski definition) is 1. The molecule has 0 spiro atoms. The summed E-state index contributed by atoms with van der Waals surface area (Å²) < 4.78 is 27.0. The van der Waals surface area contributed by atoms with Gasteiger partial charge in [-0.15, -0.1) is 10.2 Å². The summed E-state index contributed by atoms with van der Waals surface area (Å²) in [5, 5.41) is 8.43. The molecule has 0 fully saturated rings. The number of anilines is 1. The van der Waals surface area contributed by atoms with E-state index in [4.69, 9.17) is 0 Å². The van der Waals surface area contributed by atoms with Crippen molar-refractivity contribution in [2.24, 2.45) is 0 Å². The first-order valence-corrected chi connectivity index (χ1v) is 7.66. The van der Waals surface area contributed by atoms with Crippen molar-refractivity contribution in [3.05, 3.63) is 33.7 Å². The van der Waals surface area contributed by atoms with Crippen LogP contribution in [0.15, 0.2) is 33.6 Å². The van der Waals surface area contributed by atoms with Crippen LogP contribution in [0.5, 0.6) is 0 Å². The fraction of sp³-hybridized carbons (Fsp3) is 0.111. The molecule has 0 saturated carbocycles. The number of aryl methyl sites for hydroxylation is 1. The van der Waals surface area contributed by atoms with Gasteiger partial charge in [0.05, 0.1) is 0 Å². The van der Waals surface area contributed by atoms with Crippen LogP contribution < -0.4 is 4.72 Å². The highest BCUT2D eigenvalue weighted by Gasteiger charge is 2.18. The highest BCUT2D eigenvalue weighted by Crippen LogP contribution is 2.24. The maximum atomic E-state index is 12.0. The quantitative estimate of drug-likeness (QED) is 0.936. The Labute approximate surface area is 111 Å². The van der Waals surface area contributed by atoms with Crippen molar-refractivity contribution in [3.8, 4) is 0 Å². The van der Waals surface area contributed by atoms with E-state index in [-0.39, 0.29) is 10.0 Å². The summed E-state index contributed by atoms with van der Waals surface area (Å²) in [5.41, 5.74) is 0. The van der Waals surface area contributed by atoms with Crippen LogP contribution in [0.3, 0.4) is 0 Å². The summed E-state index contributed by atoms with van der Waals surface area (Å²) >= 11 is 4.39. The topological polar surface area (TPSA) is 72.0 Å². The molecule has 0 bridgehead atoms. The van der Waals surface area contributed by atoms with Crippen LogP contribution in [0.25, 0.3) is 0 Å². The largest absolute Gasteiger partial charge is 0.264 e. The number of rotatable bonds is 3. The van der Waals surface area contributed by atoms with E-state index in [9.17, 15) is 8.42 Å². The van der Waals surface area contributed by atoms with Crippen molar-refractivity contribution in [3.63, 3.8) is 0 Å². The molecule has 1 N–H and O–H groups in total. The molecular weight excluding hydrogens is 326 g/mol. The van der Waals surface area contributed by atoms with Crippen LogP contribution in [0.1, 0.15) is 5.01 Å². The van der Waals surface area contributed by atoms with E-state index in [1.807, 2.05) is 0 Å². The lowest BCUT2D eigenvalue weighted by Gasteiger charge is -2.05. The van der Waals surface area contributed by atoms with Crippen LogP contribution in [-0.2, 0) is 10.0 Å². The molecule has 5 nitrogen and oxygen atoms in total. The number of aromatic nitrogens is 2. The molecular formula is C9H8BrN3O2S2. The van der Waals surface area contributed by atoms with Crippen LogP contribution in [0.4, 0.5) is 5.13 Å². The van der Waals surface area contributed by atoms with Gasteiger partial charge in [0.2, 0.25) is 5.13 Å². The van der Waals surface area contributed by atoms with Gasteiger partial charge in [0.1, 0.15) is 9.90 Å². The molecule has 0 radical (unpaired) electrons. The Morgan fingerprint density at radius 1 is 1.29 bits per heavy atom. The molecule has 0 atom stereocenters. The van der Waals surface area contributed by atoms with E-state index < -0.39 is 10.0 Å². The number of hydrogen-bond acceptors (Lipinski definition) is 5. The minimum absolute atomic E-state index is 0.174. The molecule has 1 heterocycles. The first kappa shape index (κ1) is 12.5. The Balaban J connectivity index is 2.35. The Morgan fingerprint density at radius 2 is 2.00 bits per heavy atom. The number of sulfonamides is 1. The second kappa shape index (κ2) is 4.71. The SMILES string of the molecule is Cc1nnc(NS(=O)(=O)c2ccccc2Br)s1. The maximum absolute atomic E-state index is 12.0. The molecule has 1 aromatic heterocycles. The molecule has 17 heavy (non-hydrogen) atoms. The van der Waals surface area contributed by atoms with Gasteiger partial charge in [0.15, 0.2) is 0 Å². The second-order valence-electron chi connectivity index (χ2n) is 3.16. The second-order valence-corrected chi connectivity index (χ2v) is 6.85. The van der Waals surface area contributed by atoms with Gasteiger partial charge >= 0.3 is 0 Å². The highest BCUT2D eigenvalue weighted by molar-refractivity contribution is 9.10. The van der Waals surface area contributed by atoms with Gasteiger partial charge < -0.3 is 0 Å². The molecule has 2 rings (SSSR count). The third-order valence-electron chi connectivity index (χ3n) is 1.87. The molecule has 0 aliphatic rings. The lowest BCUT2D eigenvalue weighted by Crippen LogP contribution is -2.13. The van der Waals surface area contributed by atoms with Gasteiger partial charge in [0.25, 0.3) is 10.0 Å². The van der Waals surface area contributed by atoms with E-state index in [1.165, 1.54) is 17.4 Å². The normalized spacial score (nSPS) is 11.4. The van der Waals surface area contributed by atoms with E-state index in [0.29, 0.717) is 9.48 Å². The summed E-state index contributed by atoms with van der Waals surface area (Å²) in [6, 6.07) is 6.59. The monoisotopic (exact) mass is 333 g/mol. The average molecular weight is 334 g/mol. The number of halogens is 1. The summed E-state index contributed by atoms with van der Waals surface area (Å²) in [7, 11) is -3.62. The number of nitrogens with one attached hydrogen (secondary N) is 1. The fourth-order valence-electron chi connectivity index (χ4n) is 1.17. The van der Waals surface area contributed by atoms with Crippen molar-refractivity contribution >= 4 is 42.4 Å². The molecule has 0 aliphatic carbocycles. The summed E-state index contributed by atoms with van der Waals surface area (Å²) in [5.74, 6) is 0. The maximum Gasteiger partial charge on any atom is 0.264 e. The van der Waals surface area contributed by atoms with E-state index in [1.54, 1.807) is 25.1 Å². The smallest absolute Gasteiger partial charge is 0.253 e. The van der Waals surface area contributed by atoms with Crippen LogP contribution in [0, 0.1) is 6.92 Å². The van der Waals surface area contributed by atoms with Crippen molar-refractivity contribution in [1.29, 1.82) is 0 Å². The molecule has 0 aliphatic heterocycles. The average Bonchev–Trinajstić information content (AvgIpc) is 2.63. The van der Waals surface area contributed by atoms with E-state index >= 15 is 0 Å². The van der Waals surface area contributed by atoms with E-state index in [0.717, 1.165) is 0 Å². The summed E-state index contributed by atoms with van der Waals surface area (Å²) in [6.07, 6.45) is 0. The minimum atomic E-state index is -3.62. The fourth-order valence-corrected chi connectivity index (χ4v) is 4.00.